The van der Waals surface area contributed by atoms with Crippen LogP contribution in [0.5, 0.6) is 11.5 Å². The van der Waals surface area contributed by atoms with Crippen LogP contribution in [0, 0.1) is 0 Å². The molecule has 0 radical (unpaired) electrons. The molecule has 1 aliphatic rings. The van der Waals surface area contributed by atoms with Gasteiger partial charge in [-0.25, -0.2) is 4.79 Å². The van der Waals surface area contributed by atoms with E-state index in [1.54, 1.807) is 19.1 Å². The summed E-state index contributed by atoms with van der Waals surface area (Å²) in [6.07, 6.45) is 0.859. The van der Waals surface area contributed by atoms with Crippen LogP contribution < -0.4 is 4.74 Å². The van der Waals surface area contributed by atoms with Gasteiger partial charge in [0, 0.05) is 6.42 Å². The Hall–Kier alpha value is -2.59. The number of rotatable bonds is 8. The Bertz CT molecular complexity index is 821. The van der Waals surface area contributed by atoms with Crippen molar-refractivity contribution in [1.82, 2.24) is 4.90 Å². The maximum atomic E-state index is 12.6. The fourth-order valence-electron chi connectivity index (χ4n) is 2.41. The lowest BCUT2D eigenvalue weighted by atomic mass is 10.1. The van der Waals surface area contributed by atoms with Gasteiger partial charge in [0.1, 0.15) is 10.4 Å². The summed E-state index contributed by atoms with van der Waals surface area (Å²) >= 11 is 6.06. The van der Waals surface area contributed by atoms with Gasteiger partial charge in [-0.05, 0) is 37.1 Å². The van der Waals surface area contributed by atoms with Gasteiger partial charge in [-0.3, -0.25) is 14.5 Å². The van der Waals surface area contributed by atoms with Crippen molar-refractivity contribution in [3.8, 4) is 11.5 Å². The molecule has 1 saturated heterocycles. The van der Waals surface area contributed by atoms with Gasteiger partial charge in [0.15, 0.2) is 11.5 Å². The van der Waals surface area contributed by atoms with Crippen molar-refractivity contribution in [2.45, 2.75) is 25.8 Å². The van der Waals surface area contributed by atoms with Crippen LogP contribution in [-0.4, -0.2) is 55.0 Å². The molecular weight excluding hydrogens is 394 g/mol. The summed E-state index contributed by atoms with van der Waals surface area (Å²) in [5, 5.41) is 27.9. The zero-order chi connectivity index (χ0) is 20.1. The average Bonchev–Trinajstić information content (AvgIpc) is 2.85. The number of carboxylic acids is 2. The fraction of sp³-hybridized carbons (Fsp3) is 0.294. The van der Waals surface area contributed by atoms with Crippen LogP contribution >= 0.6 is 24.0 Å². The van der Waals surface area contributed by atoms with Crippen LogP contribution in [-0.2, 0) is 14.4 Å². The Morgan fingerprint density at radius 3 is 2.67 bits per heavy atom. The van der Waals surface area contributed by atoms with Gasteiger partial charge >= 0.3 is 11.9 Å². The maximum Gasteiger partial charge on any atom is 0.326 e. The smallest absolute Gasteiger partial charge is 0.326 e. The van der Waals surface area contributed by atoms with E-state index in [4.69, 9.17) is 22.1 Å². The van der Waals surface area contributed by atoms with E-state index in [-0.39, 0.29) is 27.1 Å². The summed E-state index contributed by atoms with van der Waals surface area (Å²) in [4.78, 5) is 36.0. The minimum absolute atomic E-state index is 0.0406. The van der Waals surface area contributed by atoms with Crippen LogP contribution in [0.25, 0.3) is 6.08 Å². The molecule has 1 aliphatic heterocycles. The second kappa shape index (κ2) is 8.87. The second-order valence-electron chi connectivity index (χ2n) is 5.50. The molecule has 3 N–H and O–H groups in total. The van der Waals surface area contributed by atoms with E-state index >= 15 is 0 Å². The van der Waals surface area contributed by atoms with Crippen LogP contribution in [0.15, 0.2) is 23.1 Å². The molecule has 0 aromatic heterocycles. The number of carbonyl (C=O) groups is 3. The number of phenolic OH excluding ortho intramolecular Hbond substituents is 1. The number of aromatic hydroxyl groups is 1. The molecular formula is C17H17NO7S2. The van der Waals surface area contributed by atoms with Crippen molar-refractivity contribution in [3.05, 3.63) is 28.7 Å². The van der Waals surface area contributed by atoms with Crippen molar-refractivity contribution in [2.24, 2.45) is 0 Å². The van der Waals surface area contributed by atoms with Crippen LogP contribution in [0.2, 0.25) is 0 Å². The molecule has 1 atom stereocenters. The zero-order valence-electron chi connectivity index (χ0n) is 14.2. The molecule has 1 aromatic rings. The van der Waals surface area contributed by atoms with E-state index in [1.807, 2.05) is 0 Å². The van der Waals surface area contributed by atoms with Crippen LogP contribution in [0.4, 0.5) is 0 Å². The molecule has 0 bridgehead atoms. The van der Waals surface area contributed by atoms with E-state index in [2.05, 4.69) is 0 Å². The highest BCUT2D eigenvalue weighted by molar-refractivity contribution is 8.26. The maximum absolute atomic E-state index is 12.6. The lowest BCUT2D eigenvalue weighted by Crippen LogP contribution is -2.44. The molecule has 1 heterocycles. The predicted molar refractivity (Wildman–Crippen MR) is 103 cm³/mol. The highest BCUT2D eigenvalue weighted by Gasteiger charge is 2.40. The van der Waals surface area contributed by atoms with Crippen molar-refractivity contribution in [3.63, 3.8) is 0 Å². The first-order valence-corrected chi connectivity index (χ1v) is 9.14. The minimum atomic E-state index is -1.35. The molecule has 144 valence electrons. The number of hydrogen-bond acceptors (Lipinski definition) is 7. The quantitative estimate of drug-likeness (QED) is 0.436. The molecule has 0 aliphatic carbocycles. The number of phenols is 1. The highest BCUT2D eigenvalue weighted by atomic mass is 32.2. The molecule has 0 spiro atoms. The summed E-state index contributed by atoms with van der Waals surface area (Å²) < 4.78 is 5.34. The Balaban J connectivity index is 2.28. The standard InChI is InChI=1S/C17H17NO7S2/c1-2-25-12-7-9(3-5-11(12)19)8-13-15(22)18(17(26)27-13)10(16(23)24)4-6-14(20)21/h3,5,7-8,10,19H,2,4,6H2,1H3,(H,20,21)(H,23,24)/b13-8-/t10-/m0/s1. The monoisotopic (exact) mass is 411 g/mol. The lowest BCUT2D eigenvalue weighted by Gasteiger charge is -2.22. The van der Waals surface area contributed by atoms with Gasteiger partial charge in [-0.15, -0.1) is 0 Å². The van der Waals surface area contributed by atoms with Gasteiger partial charge < -0.3 is 20.1 Å². The first-order valence-electron chi connectivity index (χ1n) is 7.92. The van der Waals surface area contributed by atoms with E-state index in [0.29, 0.717) is 12.2 Å². The number of carbonyl (C=O) groups excluding carboxylic acids is 1. The number of carboxylic acid groups (broad SMARTS) is 2. The number of ether oxygens (including phenoxy) is 1. The van der Waals surface area contributed by atoms with Crippen molar-refractivity contribution in [2.75, 3.05) is 6.61 Å². The van der Waals surface area contributed by atoms with E-state index < -0.39 is 30.3 Å². The summed E-state index contributed by atoms with van der Waals surface area (Å²) in [6.45, 7) is 2.11. The van der Waals surface area contributed by atoms with Gasteiger partial charge in [-0.2, -0.15) is 0 Å². The molecule has 10 heteroatoms. The Morgan fingerprint density at radius 2 is 2.07 bits per heavy atom. The first-order chi connectivity index (χ1) is 12.7. The summed E-state index contributed by atoms with van der Waals surface area (Å²) in [6, 6.07) is 3.19. The summed E-state index contributed by atoms with van der Waals surface area (Å²) in [5.74, 6) is -2.87. The van der Waals surface area contributed by atoms with Crippen molar-refractivity contribution >= 4 is 52.2 Å². The van der Waals surface area contributed by atoms with Gasteiger partial charge in [0.25, 0.3) is 5.91 Å². The fourth-order valence-corrected chi connectivity index (χ4v) is 3.77. The van der Waals surface area contributed by atoms with Crippen LogP contribution in [0.3, 0.4) is 0 Å². The molecule has 8 nitrogen and oxygen atoms in total. The second-order valence-corrected chi connectivity index (χ2v) is 7.17. The number of thioether (sulfide) groups is 1. The number of benzene rings is 1. The third kappa shape index (κ3) is 4.98. The Labute approximate surface area is 164 Å². The SMILES string of the molecule is CCOc1cc(/C=C2\SC(=S)N([C@@H](CCC(=O)O)C(=O)O)C2=O)ccc1O. The number of amides is 1. The molecule has 1 amide bonds. The minimum Gasteiger partial charge on any atom is -0.504 e. The predicted octanol–water partition coefficient (Wildman–Crippen LogP) is 2.31. The zero-order valence-corrected chi connectivity index (χ0v) is 15.9. The number of thiocarbonyl (C=S) groups is 1. The van der Waals surface area contributed by atoms with E-state index in [1.165, 1.54) is 12.1 Å². The highest BCUT2D eigenvalue weighted by Crippen LogP contribution is 2.36. The van der Waals surface area contributed by atoms with Crippen molar-refractivity contribution in [1.29, 1.82) is 0 Å². The number of nitrogens with zero attached hydrogens (tertiary/aromatic N) is 1. The van der Waals surface area contributed by atoms with E-state index in [0.717, 1.165) is 16.7 Å². The first kappa shape index (κ1) is 20.7. The lowest BCUT2D eigenvalue weighted by molar-refractivity contribution is -0.146. The molecule has 2 rings (SSSR count). The molecule has 1 aromatic carbocycles. The number of aliphatic carboxylic acids is 2. The molecule has 1 fully saturated rings. The summed E-state index contributed by atoms with van der Waals surface area (Å²) in [5.41, 5.74) is 0.564. The average molecular weight is 411 g/mol. The molecule has 0 saturated carbocycles. The van der Waals surface area contributed by atoms with Gasteiger partial charge in [-0.1, -0.05) is 30.0 Å². The van der Waals surface area contributed by atoms with Crippen LogP contribution in [0.1, 0.15) is 25.3 Å². The third-order valence-electron chi connectivity index (χ3n) is 3.63. The largest absolute Gasteiger partial charge is 0.504 e. The topological polar surface area (TPSA) is 124 Å². The third-order valence-corrected chi connectivity index (χ3v) is 4.96. The molecule has 0 unspecified atom stereocenters. The normalized spacial score (nSPS) is 16.6. The Kier molecular flexibility index (Phi) is 6.81. The van der Waals surface area contributed by atoms with Crippen molar-refractivity contribution < 1.29 is 34.4 Å². The Morgan fingerprint density at radius 1 is 1.37 bits per heavy atom. The summed E-state index contributed by atoms with van der Waals surface area (Å²) in [7, 11) is 0. The molecule has 27 heavy (non-hydrogen) atoms. The van der Waals surface area contributed by atoms with Gasteiger partial charge in [0.05, 0.1) is 11.5 Å². The number of hydrogen-bond donors (Lipinski definition) is 3. The van der Waals surface area contributed by atoms with E-state index in [9.17, 15) is 24.6 Å². The van der Waals surface area contributed by atoms with Gasteiger partial charge in [0.2, 0.25) is 0 Å².